The standard InChI is InChI=1S/C16H15N5/c1-2-11-6-4-8-19-13(11)10-21-14-7-3-5-12(9-17)15(14)20-16(21)18/h3-8H,2,10H2,1H3,(H2,18,20). The lowest BCUT2D eigenvalue weighted by atomic mass is 10.1. The van der Waals surface area contributed by atoms with Crippen molar-refractivity contribution < 1.29 is 0 Å². The van der Waals surface area contributed by atoms with Crippen molar-refractivity contribution in [2.24, 2.45) is 0 Å². The number of benzene rings is 1. The molecule has 0 saturated carbocycles. The van der Waals surface area contributed by atoms with Crippen LogP contribution in [0.15, 0.2) is 36.5 Å². The quantitative estimate of drug-likeness (QED) is 0.797. The molecule has 3 aromatic rings. The fourth-order valence-corrected chi connectivity index (χ4v) is 2.51. The van der Waals surface area contributed by atoms with Crippen molar-refractivity contribution in [3.8, 4) is 6.07 Å². The molecule has 2 aromatic heterocycles. The van der Waals surface area contributed by atoms with Gasteiger partial charge in [0.15, 0.2) is 0 Å². The maximum Gasteiger partial charge on any atom is 0.201 e. The lowest BCUT2D eigenvalue weighted by molar-refractivity contribution is 0.793. The van der Waals surface area contributed by atoms with Gasteiger partial charge in [0, 0.05) is 6.20 Å². The second kappa shape index (κ2) is 5.25. The second-order valence-corrected chi connectivity index (χ2v) is 4.80. The number of anilines is 1. The third-order valence-electron chi connectivity index (χ3n) is 3.60. The predicted octanol–water partition coefficient (Wildman–Crippen LogP) is 2.50. The van der Waals surface area contributed by atoms with Crippen LogP contribution < -0.4 is 5.73 Å². The first-order chi connectivity index (χ1) is 10.2. The smallest absolute Gasteiger partial charge is 0.201 e. The number of aryl methyl sites for hydroxylation is 1. The number of hydrogen-bond donors (Lipinski definition) is 1. The number of hydrogen-bond acceptors (Lipinski definition) is 4. The zero-order valence-corrected chi connectivity index (χ0v) is 11.7. The van der Waals surface area contributed by atoms with Gasteiger partial charge in [-0.25, -0.2) is 4.98 Å². The Morgan fingerprint density at radius 2 is 2.14 bits per heavy atom. The average Bonchev–Trinajstić information content (AvgIpc) is 2.84. The van der Waals surface area contributed by atoms with Crippen LogP contribution in [-0.4, -0.2) is 14.5 Å². The van der Waals surface area contributed by atoms with Gasteiger partial charge in [0.2, 0.25) is 5.95 Å². The summed E-state index contributed by atoms with van der Waals surface area (Å²) in [5.74, 6) is 0.403. The van der Waals surface area contributed by atoms with Gasteiger partial charge in [-0.3, -0.25) is 4.98 Å². The van der Waals surface area contributed by atoms with Gasteiger partial charge >= 0.3 is 0 Å². The van der Waals surface area contributed by atoms with E-state index in [9.17, 15) is 0 Å². The third kappa shape index (κ3) is 2.21. The lowest BCUT2D eigenvalue weighted by Gasteiger charge is -2.09. The van der Waals surface area contributed by atoms with Crippen molar-refractivity contribution >= 4 is 17.0 Å². The number of imidazole rings is 1. The molecule has 0 radical (unpaired) electrons. The first-order valence-electron chi connectivity index (χ1n) is 6.82. The number of pyridine rings is 1. The molecule has 0 spiro atoms. The summed E-state index contributed by atoms with van der Waals surface area (Å²) >= 11 is 0. The highest BCUT2D eigenvalue weighted by molar-refractivity contribution is 5.84. The maximum atomic E-state index is 9.16. The fourth-order valence-electron chi connectivity index (χ4n) is 2.51. The van der Waals surface area contributed by atoms with E-state index in [0.717, 1.165) is 17.6 Å². The van der Waals surface area contributed by atoms with E-state index in [1.54, 1.807) is 12.3 Å². The number of nitrogens with two attached hydrogens (primary N) is 1. The fraction of sp³-hybridized carbons (Fsp3) is 0.188. The second-order valence-electron chi connectivity index (χ2n) is 4.80. The van der Waals surface area contributed by atoms with Crippen molar-refractivity contribution in [3.63, 3.8) is 0 Å². The number of nitrogen functional groups attached to an aromatic ring is 1. The molecule has 3 rings (SSSR count). The number of fused-ring (bicyclic) bond motifs is 1. The molecule has 0 aliphatic heterocycles. The first kappa shape index (κ1) is 13.1. The van der Waals surface area contributed by atoms with Crippen LogP contribution in [0.5, 0.6) is 0 Å². The monoisotopic (exact) mass is 277 g/mol. The zero-order valence-electron chi connectivity index (χ0n) is 11.7. The van der Waals surface area contributed by atoms with Gasteiger partial charge in [-0.2, -0.15) is 5.26 Å². The SMILES string of the molecule is CCc1cccnc1Cn1c(N)nc2c(C#N)cccc21. The van der Waals surface area contributed by atoms with Gasteiger partial charge in [-0.15, -0.1) is 0 Å². The summed E-state index contributed by atoms with van der Waals surface area (Å²) in [4.78, 5) is 8.77. The van der Waals surface area contributed by atoms with E-state index in [1.807, 2.05) is 22.8 Å². The topological polar surface area (TPSA) is 80.5 Å². The third-order valence-corrected chi connectivity index (χ3v) is 3.60. The van der Waals surface area contributed by atoms with E-state index >= 15 is 0 Å². The average molecular weight is 277 g/mol. The van der Waals surface area contributed by atoms with Crippen LogP contribution in [0, 0.1) is 11.3 Å². The summed E-state index contributed by atoms with van der Waals surface area (Å²) in [6, 6.07) is 11.7. The molecule has 0 aliphatic carbocycles. The van der Waals surface area contributed by atoms with Crippen LogP contribution in [0.4, 0.5) is 5.95 Å². The molecule has 0 amide bonds. The molecular weight excluding hydrogens is 262 g/mol. The van der Waals surface area contributed by atoms with E-state index in [0.29, 0.717) is 23.6 Å². The summed E-state index contributed by atoms with van der Waals surface area (Å²) in [7, 11) is 0. The number of nitriles is 1. The summed E-state index contributed by atoms with van der Waals surface area (Å²) in [6.07, 6.45) is 2.70. The minimum Gasteiger partial charge on any atom is -0.369 e. The van der Waals surface area contributed by atoms with Gasteiger partial charge in [-0.05, 0) is 30.2 Å². The molecular formula is C16H15N5. The van der Waals surface area contributed by atoms with Crippen LogP contribution in [0.1, 0.15) is 23.7 Å². The Balaban J connectivity index is 2.13. The largest absolute Gasteiger partial charge is 0.369 e. The minimum atomic E-state index is 0.403. The molecule has 2 heterocycles. The normalized spacial score (nSPS) is 10.7. The summed E-state index contributed by atoms with van der Waals surface area (Å²) in [5, 5.41) is 9.16. The van der Waals surface area contributed by atoms with Crippen LogP contribution in [-0.2, 0) is 13.0 Å². The maximum absolute atomic E-state index is 9.16. The minimum absolute atomic E-state index is 0.403. The van der Waals surface area contributed by atoms with E-state index in [-0.39, 0.29) is 0 Å². The predicted molar refractivity (Wildman–Crippen MR) is 81.6 cm³/mol. The van der Waals surface area contributed by atoms with Crippen molar-refractivity contribution in [1.82, 2.24) is 14.5 Å². The van der Waals surface area contributed by atoms with Crippen LogP contribution in [0.25, 0.3) is 11.0 Å². The number of rotatable bonds is 3. The Morgan fingerprint density at radius 3 is 2.90 bits per heavy atom. The van der Waals surface area contributed by atoms with E-state index < -0.39 is 0 Å². The molecule has 0 bridgehead atoms. The molecule has 0 aliphatic rings. The van der Waals surface area contributed by atoms with Gasteiger partial charge < -0.3 is 10.3 Å². The molecule has 104 valence electrons. The van der Waals surface area contributed by atoms with Crippen LogP contribution in [0.2, 0.25) is 0 Å². The number of nitrogens with zero attached hydrogens (tertiary/aromatic N) is 4. The first-order valence-corrected chi connectivity index (χ1v) is 6.82. The molecule has 0 fully saturated rings. The Hall–Kier alpha value is -2.87. The summed E-state index contributed by atoms with van der Waals surface area (Å²) in [5.41, 5.74) is 10.2. The Kier molecular flexibility index (Phi) is 3.28. The summed E-state index contributed by atoms with van der Waals surface area (Å²) in [6.45, 7) is 2.66. The highest BCUT2D eigenvalue weighted by Gasteiger charge is 2.13. The summed E-state index contributed by atoms with van der Waals surface area (Å²) < 4.78 is 1.90. The Labute approximate surface area is 122 Å². The highest BCUT2D eigenvalue weighted by Crippen LogP contribution is 2.22. The van der Waals surface area contributed by atoms with Crippen molar-refractivity contribution in [1.29, 1.82) is 5.26 Å². The Morgan fingerprint density at radius 1 is 1.29 bits per heavy atom. The Bertz CT molecular complexity index is 841. The molecule has 21 heavy (non-hydrogen) atoms. The van der Waals surface area contributed by atoms with E-state index in [1.165, 1.54) is 5.56 Å². The number of para-hydroxylation sites is 1. The molecule has 2 N–H and O–H groups in total. The molecule has 5 nitrogen and oxygen atoms in total. The molecule has 0 saturated heterocycles. The molecule has 1 aromatic carbocycles. The van der Waals surface area contributed by atoms with Gasteiger partial charge in [-0.1, -0.05) is 19.1 Å². The number of aromatic nitrogens is 3. The van der Waals surface area contributed by atoms with E-state index in [2.05, 4.69) is 29.0 Å². The van der Waals surface area contributed by atoms with Gasteiger partial charge in [0.05, 0.1) is 23.3 Å². The molecule has 0 atom stereocenters. The highest BCUT2D eigenvalue weighted by atomic mass is 15.2. The van der Waals surface area contributed by atoms with Gasteiger partial charge in [0.25, 0.3) is 0 Å². The molecule has 5 heteroatoms. The molecule has 0 unspecified atom stereocenters. The van der Waals surface area contributed by atoms with Crippen molar-refractivity contribution in [3.05, 3.63) is 53.3 Å². The van der Waals surface area contributed by atoms with Gasteiger partial charge in [0.1, 0.15) is 11.6 Å². The van der Waals surface area contributed by atoms with Crippen LogP contribution >= 0.6 is 0 Å². The van der Waals surface area contributed by atoms with Crippen molar-refractivity contribution in [2.45, 2.75) is 19.9 Å². The van der Waals surface area contributed by atoms with E-state index in [4.69, 9.17) is 11.0 Å². The zero-order chi connectivity index (χ0) is 14.8. The van der Waals surface area contributed by atoms with Crippen molar-refractivity contribution in [2.75, 3.05) is 5.73 Å². The lowest BCUT2D eigenvalue weighted by Crippen LogP contribution is -2.08. The van der Waals surface area contributed by atoms with Crippen LogP contribution in [0.3, 0.4) is 0 Å².